The molecule has 41 heteroatoms. The highest BCUT2D eigenvalue weighted by molar-refractivity contribution is 8.00. The van der Waals surface area contributed by atoms with E-state index < -0.39 is 235 Å². The first-order valence-electron chi connectivity index (χ1n) is 40.9. The fourth-order valence-corrected chi connectivity index (χ4v) is 13.8. The lowest BCUT2D eigenvalue weighted by Crippen LogP contribution is -2.62. The van der Waals surface area contributed by atoms with Crippen molar-refractivity contribution in [3.8, 4) is 16.9 Å². The number of primary amides is 2. The Morgan fingerprint density at radius 3 is 1.36 bits per heavy atom. The van der Waals surface area contributed by atoms with Crippen molar-refractivity contribution in [3.05, 3.63) is 108 Å². The molecule has 1 fully saturated rings. The van der Waals surface area contributed by atoms with Crippen molar-refractivity contribution in [1.29, 1.82) is 5.41 Å². The summed E-state index contributed by atoms with van der Waals surface area (Å²) in [5.41, 5.74) is 19.4. The van der Waals surface area contributed by atoms with E-state index in [0.29, 0.717) is 43.2 Å². The molecule has 40 nitrogen and oxygen atoms in total. The first-order chi connectivity index (χ1) is 58.3. The standard InChI is InChI=1S/C82H118N20O20S/c1-8-10-13-20-53-72(113)95-59(36-48-25-29-52(103)30-26-48)77(118)97-60(37-51-40-87-43-89-51)78(119)99-61(38-66(106)107)79(120)94-56(31-32-64(83)104)74(115)102-68(45(5)6)81(122)100-57(34-44(3)4)75(116)96-58(35-47-23-27-50(28-24-47)49-18-15-12-16-19-49)76(117)93-54(21-14-11-9-2)73(114)98-62(39-67(108)109)80(121)101-63(69(84)110)41-123-42-65(105)90-46(7)70(111)91-55(71(112)92-53)22-17-33-88-82(85)86/h12,15-16,18-19,23-30,40,43-46,53-63,68,103H,8-11,13-14,17,20-22,31-39,41-42H2,1-7H3,(H2,83,104)(H2,84,110)(H,87,89)(H,90,105)(H,91,111)(H,92,112)(H,93,117)(H,94,120)(H,95,113)(H,96,116)(H,97,118)(H,98,114)(H,99,119)(H,100,122)(H,101,121)(H,102,115)(H,106,107)(H,108,109)(H4,85,86,88)/t46-,53-,54-,55-,56-,57-,58-,59-,60-,61-,62-,63-,68-/m0/s1. The number of amides is 15. The highest BCUT2D eigenvalue weighted by atomic mass is 32.2. The summed E-state index contributed by atoms with van der Waals surface area (Å²) in [6.07, 6.45) is 0.449. The number of thioether (sulfide) groups is 1. The molecule has 672 valence electrons. The smallest absolute Gasteiger partial charge is 0.305 e. The number of rotatable bonds is 30. The number of aromatic nitrogens is 2. The summed E-state index contributed by atoms with van der Waals surface area (Å²) >= 11 is 0.734. The minimum Gasteiger partial charge on any atom is -0.508 e. The number of unbranched alkanes of at least 4 members (excludes halogenated alkanes) is 4. The van der Waals surface area contributed by atoms with E-state index in [0.717, 1.165) is 22.9 Å². The first-order valence-corrected chi connectivity index (χ1v) is 42.0. The molecular formula is C82H118N20O20S. The van der Waals surface area contributed by atoms with Gasteiger partial charge in [-0.2, -0.15) is 0 Å². The highest BCUT2D eigenvalue weighted by Gasteiger charge is 2.40. The molecule has 123 heavy (non-hydrogen) atoms. The summed E-state index contributed by atoms with van der Waals surface area (Å²) in [5.74, 6) is -21.8. The molecule has 15 amide bonds. The van der Waals surface area contributed by atoms with Crippen LogP contribution in [0.25, 0.3) is 11.1 Å². The van der Waals surface area contributed by atoms with Crippen molar-refractivity contribution in [2.45, 2.75) is 243 Å². The van der Waals surface area contributed by atoms with E-state index in [4.69, 9.17) is 22.6 Å². The Kier molecular flexibility index (Phi) is 42.5. The molecule has 3 aromatic carbocycles. The number of aromatic amines is 1. The van der Waals surface area contributed by atoms with Crippen LogP contribution in [0.3, 0.4) is 0 Å². The zero-order valence-corrected chi connectivity index (χ0v) is 70.9. The van der Waals surface area contributed by atoms with Gasteiger partial charge in [-0.05, 0) is 91.7 Å². The van der Waals surface area contributed by atoms with Crippen molar-refractivity contribution >= 4 is 118 Å². The number of hydrogen-bond acceptors (Lipinski definition) is 21. The van der Waals surface area contributed by atoms with E-state index in [9.17, 15) is 82.4 Å². The number of carbonyl (C=O) groups excluding carboxylic acids is 15. The summed E-state index contributed by atoms with van der Waals surface area (Å²) in [6.45, 7) is 11.5. The number of aromatic hydroxyl groups is 1. The zero-order valence-electron chi connectivity index (χ0n) is 70.0. The number of carboxylic acid groups (broad SMARTS) is 2. The van der Waals surface area contributed by atoms with E-state index in [-0.39, 0.29) is 75.3 Å². The van der Waals surface area contributed by atoms with Crippen LogP contribution in [0.1, 0.15) is 162 Å². The molecule has 1 aromatic heterocycles. The molecule has 1 saturated heterocycles. The van der Waals surface area contributed by atoms with Crippen LogP contribution in [0.15, 0.2) is 91.4 Å². The SMILES string of the molecule is CCCCC[C@@H]1NC(=O)[C@H](CCCNC(=N)N)NC(=O)[C@H](C)NC(=O)CSC[C@@H](C(N)=O)NC(=O)[C@H](CC(=O)O)NC(=O)[C@H](CCCCC)NC(=O)[C@H](Cc2ccc(-c3ccccc3)cc2)NC(=O)[C@H](CC(C)C)NC(=O)[C@H](C(C)C)NC(=O)[C@H](CCC(N)=O)NC(=O)[C@H](CC(=O)O)NC(=O)[C@H](Cc2c[nH]cn2)NC(=O)[C@H](Cc2ccc(O)cc2)NC1=O. The summed E-state index contributed by atoms with van der Waals surface area (Å²) in [4.78, 5) is 248. The Morgan fingerprint density at radius 2 is 0.902 bits per heavy atom. The van der Waals surface area contributed by atoms with E-state index in [1.165, 1.54) is 57.6 Å². The lowest BCUT2D eigenvalue weighted by Gasteiger charge is -2.30. The third kappa shape index (κ3) is 36.2. The van der Waals surface area contributed by atoms with Crippen molar-refractivity contribution in [2.24, 2.45) is 29.0 Å². The van der Waals surface area contributed by atoms with Crippen LogP contribution in [-0.4, -0.2) is 228 Å². The Morgan fingerprint density at radius 1 is 0.488 bits per heavy atom. The number of hydrogen-bond donors (Lipinski definition) is 22. The van der Waals surface area contributed by atoms with Crippen LogP contribution in [0.4, 0.5) is 0 Å². The molecule has 25 N–H and O–H groups in total. The number of imidazole rings is 1. The molecular weight excluding hydrogens is 1620 g/mol. The lowest BCUT2D eigenvalue weighted by atomic mass is 9.97. The van der Waals surface area contributed by atoms with Gasteiger partial charge in [0.25, 0.3) is 0 Å². The Bertz CT molecular complexity index is 4270. The van der Waals surface area contributed by atoms with Gasteiger partial charge in [0.15, 0.2) is 5.96 Å². The number of phenolic OH excluding ortho intramolecular Hbond substituents is 1. The molecule has 4 aromatic rings. The van der Waals surface area contributed by atoms with Crippen molar-refractivity contribution < 1.29 is 96.8 Å². The monoisotopic (exact) mass is 1730 g/mol. The van der Waals surface area contributed by atoms with Crippen LogP contribution in [-0.2, 0) is 101 Å². The molecule has 0 spiro atoms. The number of nitrogens with two attached hydrogens (primary N) is 3. The number of H-pyrrole nitrogens is 1. The van der Waals surface area contributed by atoms with Gasteiger partial charge >= 0.3 is 11.9 Å². The van der Waals surface area contributed by atoms with E-state index in [1.54, 1.807) is 38.1 Å². The first kappa shape index (κ1) is 101. The number of guanidine groups is 1. The quantitative estimate of drug-likeness (QED) is 0.0164. The van der Waals surface area contributed by atoms with Gasteiger partial charge in [-0.3, -0.25) is 86.9 Å². The second kappa shape index (κ2) is 51.8. The second-order valence-corrected chi connectivity index (χ2v) is 31.8. The number of phenols is 1. The molecule has 0 unspecified atom stereocenters. The molecule has 1 aliphatic rings. The number of aliphatic carboxylic acids is 2. The lowest BCUT2D eigenvalue weighted by molar-refractivity contribution is -0.142. The van der Waals surface area contributed by atoms with Crippen LogP contribution < -0.4 is 91.6 Å². The molecule has 0 bridgehead atoms. The molecule has 0 saturated carbocycles. The third-order valence-corrected chi connectivity index (χ3v) is 20.7. The summed E-state index contributed by atoms with van der Waals surface area (Å²) < 4.78 is 0. The maximum Gasteiger partial charge on any atom is 0.305 e. The predicted molar refractivity (Wildman–Crippen MR) is 452 cm³/mol. The number of nitrogens with one attached hydrogen (secondary N) is 16. The minimum atomic E-state index is -2.10. The van der Waals surface area contributed by atoms with Gasteiger partial charge in [-0.25, -0.2) is 4.98 Å². The molecule has 2 heterocycles. The van der Waals surface area contributed by atoms with Gasteiger partial charge in [-0.1, -0.05) is 147 Å². The number of benzene rings is 3. The minimum absolute atomic E-state index is 0.00893. The van der Waals surface area contributed by atoms with Gasteiger partial charge in [-0.15, -0.1) is 11.8 Å². The summed E-state index contributed by atoms with van der Waals surface area (Å²) in [6, 6.07) is 0.0367. The van der Waals surface area contributed by atoms with Gasteiger partial charge in [0.05, 0.1) is 30.6 Å². The van der Waals surface area contributed by atoms with Crippen molar-refractivity contribution in [2.75, 3.05) is 18.1 Å². The van der Waals surface area contributed by atoms with Gasteiger partial charge < -0.3 is 112 Å². The van der Waals surface area contributed by atoms with Gasteiger partial charge in [0.2, 0.25) is 88.6 Å². The van der Waals surface area contributed by atoms with E-state index in [2.05, 4.69) is 84.4 Å². The Labute approximate surface area is 716 Å². The summed E-state index contributed by atoms with van der Waals surface area (Å²) in [7, 11) is 0. The third-order valence-electron chi connectivity index (χ3n) is 19.7. The number of carboxylic acids is 2. The molecule has 5 rings (SSSR count). The van der Waals surface area contributed by atoms with Gasteiger partial charge in [0, 0.05) is 44.2 Å². The molecule has 0 radical (unpaired) electrons. The number of carbonyl (C=O) groups is 17. The number of nitrogens with zero attached hydrogens (tertiary/aromatic N) is 1. The average molecular weight is 1740 g/mol. The predicted octanol–water partition coefficient (Wildman–Crippen LogP) is -1.29. The maximum atomic E-state index is 15.1. The maximum absolute atomic E-state index is 15.1. The topological polar surface area (TPSA) is 650 Å². The Balaban J connectivity index is 1.65. The van der Waals surface area contributed by atoms with Crippen LogP contribution in [0.5, 0.6) is 5.75 Å². The van der Waals surface area contributed by atoms with Crippen LogP contribution >= 0.6 is 11.8 Å². The highest BCUT2D eigenvalue weighted by Crippen LogP contribution is 2.22. The fourth-order valence-electron chi connectivity index (χ4n) is 13.0. The van der Waals surface area contributed by atoms with Crippen LogP contribution in [0, 0.1) is 17.2 Å². The molecule has 0 aliphatic carbocycles. The van der Waals surface area contributed by atoms with Crippen molar-refractivity contribution in [3.63, 3.8) is 0 Å². The summed E-state index contributed by atoms with van der Waals surface area (Å²) in [5, 5.41) is 73.9. The van der Waals surface area contributed by atoms with Gasteiger partial charge in [0.1, 0.15) is 84.3 Å². The van der Waals surface area contributed by atoms with Crippen molar-refractivity contribution in [1.82, 2.24) is 84.4 Å². The second-order valence-electron chi connectivity index (χ2n) is 30.8. The van der Waals surface area contributed by atoms with E-state index in [1.807, 2.05) is 44.2 Å². The molecule has 1 aliphatic heterocycles. The molecule has 13 atom stereocenters. The normalized spacial score (nSPS) is 23.1. The largest absolute Gasteiger partial charge is 0.508 e. The zero-order chi connectivity index (χ0) is 91.0. The average Bonchev–Trinajstić information content (AvgIpc) is 1.08. The van der Waals surface area contributed by atoms with E-state index >= 15 is 14.4 Å². The van der Waals surface area contributed by atoms with Crippen LogP contribution in [0.2, 0.25) is 0 Å². The fraction of sp³-hybridized carbons (Fsp3) is 0.524. The Hall–Kier alpha value is -12.7.